The molecule has 1 saturated heterocycles. The molecule has 14 heavy (non-hydrogen) atoms. The molecular weight excluding hydrogens is 216 g/mol. The van der Waals surface area contributed by atoms with Gasteiger partial charge in [0.25, 0.3) is 0 Å². The molecule has 1 aliphatic heterocycles. The zero-order valence-electron chi connectivity index (χ0n) is 8.29. The van der Waals surface area contributed by atoms with Crippen LogP contribution in [0.15, 0.2) is 11.4 Å². The summed E-state index contributed by atoms with van der Waals surface area (Å²) in [4.78, 5) is 2.38. The second-order valence-electron chi connectivity index (χ2n) is 3.78. The monoisotopic (exact) mass is 230 g/mol. The first-order valence-corrected chi connectivity index (χ1v) is 6.16. The SMILES string of the molecule is CN(Cc1ccsc1Cl)C1CCNC1. The number of nitrogens with one attached hydrogen (secondary N) is 1. The van der Waals surface area contributed by atoms with E-state index in [4.69, 9.17) is 11.6 Å². The Balaban J connectivity index is 1.93. The summed E-state index contributed by atoms with van der Waals surface area (Å²) in [5.74, 6) is 0. The molecule has 1 N–H and O–H groups in total. The van der Waals surface area contributed by atoms with Crippen molar-refractivity contribution in [2.75, 3.05) is 20.1 Å². The minimum Gasteiger partial charge on any atom is -0.315 e. The van der Waals surface area contributed by atoms with Crippen molar-refractivity contribution in [1.82, 2.24) is 10.2 Å². The molecule has 4 heteroatoms. The smallest absolute Gasteiger partial charge is 0.0973 e. The highest BCUT2D eigenvalue weighted by molar-refractivity contribution is 7.14. The second-order valence-corrected chi connectivity index (χ2v) is 5.30. The van der Waals surface area contributed by atoms with Gasteiger partial charge >= 0.3 is 0 Å². The maximum absolute atomic E-state index is 6.07. The molecule has 2 rings (SSSR count). The van der Waals surface area contributed by atoms with Crippen molar-refractivity contribution in [3.8, 4) is 0 Å². The van der Waals surface area contributed by atoms with Crippen molar-refractivity contribution in [2.45, 2.75) is 19.0 Å². The van der Waals surface area contributed by atoms with Crippen molar-refractivity contribution in [2.24, 2.45) is 0 Å². The van der Waals surface area contributed by atoms with E-state index in [1.165, 1.54) is 12.0 Å². The van der Waals surface area contributed by atoms with Crippen LogP contribution >= 0.6 is 22.9 Å². The van der Waals surface area contributed by atoms with E-state index in [1.54, 1.807) is 11.3 Å². The molecule has 0 radical (unpaired) electrons. The average molecular weight is 231 g/mol. The molecule has 78 valence electrons. The van der Waals surface area contributed by atoms with Gasteiger partial charge in [0.2, 0.25) is 0 Å². The van der Waals surface area contributed by atoms with E-state index in [2.05, 4.69) is 28.7 Å². The van der Waals surface area contributed by atoms with Crippen molar-refractivity contribution in [3.63, 3.8) is 0 Å². The van der Waals surface area contributed by atoms with Crippen LogP contribution in [-0.2, 0) is 6.54 Å². The van der Waals surface area contributed by atoms with Gasteiger partial charge in [-0.05, 0) is 37.0 Å². The van der Waals surface area contributed by atoms with E-state index in [-0.39, 0.29) is 0 Å². The lowest BCUT2D eigenvalue weighted by molar-refractivity contribution is 0.249. The van der Waals surface area contributed by atoms with Crippen LogP contribution in [0.1, 0.15) is 12.0 Å². The quantitative estimate of drug-likeness (QED) is 0.857. The van der Waals surface area contributed by atoms with Crippen LogP contribution in [-0.4, -0.2) is 31.1 Å². The standard InChI is InChI=1S/C10H15ClN2S/c1-13(9-2-4-12-6-9)7-8-3-5-14-10(8)11/h3,5,9,12H,2,4,6-7H2,1H3. The van der Waals surface area contributed by atoms with Gasteiger partial charge in [-0.15, -0.1) is 11.3 Å². The lowest BCUT2D eigenvalue weighted by atomic mass is 10.2. The maximum atomic E-state index is 6.07. The van der Waals surface area contributed by atoms with Gasteiger partial charge in [-0.3, -0.25) is 4.90 Å². The van der Waals surface area contributed by atoms with Gasteiger partial charge in [0.1, 0.15) is 0 Å². The molecule has 1 aromatic rings. The highest BCUT2D eigenvalue weighted by Gasteiger charge is 2.19. The Morgan fingerprint density at radius 3 is 3.14 bits per heavy atom. The third-order valence-electron chi connectivity index (χ3n) is 2.77. The molecule has 2 heterocycles. The Kier molecular flexibility index (Phi) is 3.44. The number of nitrogens with zero attached hydrogens (tertiary/aromatic N) is 1. The van der Waals surface area contributed by atoms with E-state index in [1.807, 2.05) is 0 Å². The maximum Gasteiger partial charge on any atom is 0.0973 e. The highest BCUT2D eigenvalue weighted by atomic mass is 35.5. The fourth-order valence-corrected chi connectivity index (χ4v) is 2.76. The largest absolute Gasteiger partial charge is 0.315 e. The van der Waals surface area contributed by atoms with Crippen LogP contribution in [0, 0.1) is 0 Å². The summed E-state index contributed by atoms with van der Waals surface area (Å²) in [6.07, 6.45) is 1.25. The van der Waals surface area contributed by atoms with Gasteiger partial charge in [0.05, 0.1) is 4.34 Å². The number of hydrogen-bond acceptors (Lipinski definition) is 3. The summed E-state index contributed by atoms with van der Waals surface area (Å²) in [5, 5.41) is 5.43. The van der Waals surface area contributed by atoms with E-state index in [9.17, 15) is 0 Å². The molecular formula is C10H15ClN2S. The minimum absolute atomic E-state index is 0.672. The van der Waals surface area contributed by atoms with Crippen molar-refractivity contribution < 1.29 is 0 Å². The number of thiophene rings is 1. The Hall–Kier alpha value is -0.0900. The van der Waals surface area contributed by atoms with Crippen molar-refractivity contribution in [1.29, 1.82) is 0 Å². The first kappa shape index (κ1) is 10.4. The molecule has 0 aliphatic carbocycles. The van der Waals surface area contributed by atoms with Crippen LogP contribution in [0.3, 0.4) is 0 Å². The molecule has 0 spiro atoms. The fraction of sp³-hybridized carbons (Fsp3) is 0.600. The molecule has 1 atom stereocenters. The Morgan fingerprint density at radius 1 is 1.71 bits per heavy atom. The molecule has 1 unspecified atom stereocenters. The van der Waals surface area contributed by atoms with Gasteiger partial charge in [0.15, 0.2) is 0 Å². The van der Waals surface area contributed by atoms with Crippen LogP contribution in [0.4, 0.5) is 0 Å². The molecule has 1 aromatic heterocycles. The first-order chi connectivity index (χ1) is 6.77. The van der Waals surface area contributed by atoms with Gasteiger partial charge in [-0.2, -0.15) is 0 Å². The van der Waals surface area contributed by atoms with E-state index in [0.29, 0.717) is 6.04 Å². The number of rotatable bonds is 3. The van der Waals surface area contributed by atoms with Crippen molar-refractivity contribution >= 4 is 22.9 Å². The van der Waals surface area contributed by atoms with E-state index < -0.39 is 0 Å². The zero-order valence-corrected chi connectivity index (χ0v) is 9.87. The summed E-state index contributed by atoms with van der Waals surface area (Å²) in [7, 11) is 2.17. The second kappa shape index (κ2) is 4.62. The van der Waals surface area contributed by atoms with Crippen LogP contribution < -0.4 is 5.32 Å². The molecule has 0 saturated carbocycles. The number of likely N-dealkylation sites (N-methyl/N-ethyl adjacent to an activating group) is 1. The summed E-state index contributed by atoms with van der Waals surface area (Å²) in [6, 6.07) is 2.79. The molecule has 1 fully saturated rings. The lowest BCUT2D eigenvalue weighted by Gasteiger charge is -2.22. The third kappa shape index (κ3) is 2.28. The molecule has 0 aromatic carbocycles. The zero-order chi connectivity index (χ0) is 9.97. The number of hydrogen-bond donors (Lipinski definition) is 1. The van der Waals surface area contributed by atoms with Crippen LogP contribution in [0.2, 0.25) is 4.34 Å². The average Bonchev–Trinajstić information content (AvgIpc) is 2.77. The Morgan fingerprint density at radius 2 is 2.57 bits per heavy atom. The topological polar surface area (TPSA) is 15.3 Å². The molecule has 2 nitrogen and oxygen atoms in total. The summed E-state index contributed by atoms with van der Waals surface area (Å²) < 4.78 is 0.933. The molecule has 0 amide bonds. The van der Waals surface area contributed by atoms with E-state index >= 15 is 0 Å². The minimum atomic E-state index is 0.672. The van der Waals surface area contributed by atoms with Crippen LogP contribution in [0.5, 0.6) is 0 Å². The van der Waals surface area contributed by atoms with Crippen molar-refractivity contribution in [3.05, 3.63) is 21.3 Å². The van der Waals surface area contributed by atoms with Crippen LogP contribution in [0.25, 0.3) is 0 Å². The summed E-state index contributed by atoms with van der Waals surface area (Å²) >= 11 is 7.68. The summed E-state index contributed by atoms with van der Waals surface area (Å²) in [6.45, 7) is 3.22. The fourth-order valence-electron chi connectivity index (χ4n) is 1.85. The Labute approximate surface area is 93.9 Å². The van der Waals surface area contributed by atoms with E-state index in [0.717, 1.165) is 24.0 Å². The molecule has 0 bridgehead atoms. The predicted molar refractivity (Wildman–Crippen MR) is 62.1 cm³/mol. The van der Waals surface area contributed by atoms with Gasteiger partial charge < -0.3 is 5.32 Å². The normalized spacial score (nSPS) is 22.1. The van der Waals surface area contributed by atoms with Gasteiger partial charge in [-0.25, -0.2) is 0 Å². The number of halogens is 1. The van der Waals surface area contributed by atoms with Gasteiger partial charge in [-0.1, -0.05) is 11.6 Å². The Bertz CT molecular complexity index is 294. The van der Waals surface area contributed by atoms with Gasteiger partial charge in [0, 0.05) is 19.1 Å². The summed E-state index contributed by atoms with van der Waals surface area (Å²) in [5.41, 5.74) is 1.26. The predicted octanol–water partition coefficient (Wildman–Crippen LogP) is 2.20. The first-order valence-electron chi connectivity index (χ1n) is 4.90. The molecule has 1 aliphatic rings. The third-order valence-corrected chi connectivity index (χ3v) is 4.02. The lowest BCUT2D eigenvalue weighted by Crippen LogP contribution is -2.32. The highest BCUT2D eigenvalue weighted by Crippen LogP contribution is 2.24.